The fraction of sp³-hybridized carbons (Fsp3) is 0.556. The number of benzene rings is 1. The molecule has 0 radical (unpaired) electrons. The van der Waals surface area contributed by atoms with Gasteiger partial charge in [0.15, 0.2) is 0 Å². The number of nitrogens with one attached hydrogen (secondary N) is 1. The molecule has 1 aromatic rings. The second-order valence-electron chi connectivity index (χ2n) is 6.31. The molecule has 1 saturated heterocycles. The Morgan fingerprint density at radius 3 is 2.50 bits per heavy atom. The van der Waals surface area contributed by atoms with Crippen LogP contribution in [-0.2, 0) is 0 Å². The summed E-state index contributed by atoms with van der Waals surface area (Å²) in [6.45, 7) is 2.13. The summed E-state index contributed by atoms with van der Waals surface area (Å²) in [5.74, 6) is 1.60. The van der Waals surface area contributed by atoms with Crippen molar-refractivity contribution in [2.45, 2.75) is 12.3 Å². The summed E-state index contributed by atoms with van der Waals surface area (Å²) < 4.78 is 5.22. The Hall–Kier alpha value is -1.36. The van der Waals surface area contributed by atoms with Crippen LogP contribution in [0.2, 0.25) is 0 Å². The molecule has 0 amide bonds. The predicted octanol–water partition coefficient (Wildman–Crippen LogP) is 1.55. The number of piperidine rings is 1. The molecular weight excluding hydrogens is 278 g/mol. The molecule has 0 bridgehead atoms. The third kappa shape index (κ3) is 2.78. The number of allylic oxidation sites excluding steroid dienone is 1. The number of hydrogen-bond donors (Lipinski definition) is 3. The summed E-state index contributed by atoms with van der Waals surface area (Å²) in [6.07, 6.45) is 3.36. The molecule has 22 heavy (non-hydrogen) atoms. The monoisotopic (exact) mass is 303 g/mol. The lowest BCUT2D eigenvalue weighted by atomic mass is 9.64. The molecular formula is C18H25NO3. The van der Waals surface area contributed by atoms with Crippen molar-refractivity contribution in [1.29, 1.82) is 0 Å². The highest BCUT2D eigenvalue weighted by Crippen LogP contribution is 2.45. The van der Waals surface area contributed by atoms with E-state index in [1.54, 1.807) is 7.11 Å². The minimum atomic E-state index is 0.0743. The fourth-order valence-corrected chi connectivity index (χ4v) is 4.08. The highest BCUT2D eigenvalue weighted by Gasteiger charge is 2.40. The molecule has 1 aliphatic heterocycles. The standard InChI is InChI=1S/C18H25NO3/c1-22-14-4-2-12(3-5-14)16-8-13-9-19-7-6-15(13)17(10-20)18(16)11-21/h2-5,8,15-21H,6-7,9-11H2,1H3. The van der Waals surface area contributed by atoms with E-state index >= 15 is 0 Å². The van der Waals surface area contributed by atoms with E-state index in [1.807, 2.05) is 12.1 Å². The third-order valence-electron chi connectivity index (χ3n) is 5.28. The van der Waals surface area contributed by atoms with Crippen molar-refractivity contribution in [1.82, 2.24) is 5.32 Å². The molecule has 1 fully saturated rings. The summed E-state index contributed by atoms with van der Waals surface area (Å²) >= 11 is 0. The molecule has 1 aliphatic carbocycles. The van der Waals surface area contributed by atoms with E-state index in [2.05, 4.69) is 23.5 Å². The van der Waals surface area contributed by atoms with Crippen LogP contribution in [0.1, 0.15) is 17.9 Å². The molecule has 4 nitrogen and oxygen atoms in total. The van der Waals surface area contributed by atoms with Gasteiger partial charge in [0, 0.05) is 25.7 Å². The quantitative estimate of drug-likeness (QED) is 0.739. The van der Waals surface area contributed by atoms with Gasteiger partial charge in [-0.2, -0.15) is 0 Å². The van der Waals surface area contributed by atoms with E-state index in [4.69, 9.17) is 4.74 Å². The Balaban J connectivity index is 1.96. The number of aliphatic hydroxyl groups is 2. The van der Waals surface area contributed by atoms with Crippen LogP contribution >= 0.6 is 0 Å². The Labute approximate surface area is 131 Å². The molecule has 0 aromatic heterocycles. The maximum Gasteiger partial charge on any atom is 0.118 e. The summed E-state index contributed by atoms with van der Waals surface area (Å²) in [4.78, 5) is 0. The third-order valence-corrected chi connectivity index (χ3v) is 5.28. The first-order valence-electron chi connectivity index (χ1n) is 8.05. The topological polar surface area (TPSA) is 61.7 Å². The SMILES string of the molecule is COc1ccc(C2C=C3CNCCC3C(CO)C2CO)cc1. The van der Waals surface area contributed by atoms with Gasteiger partial charge in [0.2, 0.25) is 0 Å². The van der Waals surface area contributed by atoms with Crippen molar-refractivity contribution in [3.63, 3.8) is 0 Å². The normalized spacial score (nSPS) is 31.3. The maximum atomic E-state index is 9.93. The van der Waals surface area contributed by atoms with Gasteiger partial charge in [0.1, 0.15) is 5.75 Å². The van der Waals surface area contributed by atoms with E-state index in [9.17, 15) is 10.2 Å². The second kappa shape index (κ2) is 6.82. The molecule has 4 heteroatoms. The number of rotatable bonds is 4. The van der Waals surface area contributed by atoms with E-state index < -0.39 is 0 Å². The number of hydrogen-bond acceptors (Lipinski definition) is 4. The van der Waals surface area contributed by atoms with Crippen molar-refractivity contribution in [2.75, 3.05) is 33.4 Å². The minimum Gasteiger partial charge on any atom is -0.497 e. The number of methoxy groups -OCH3 is 1. The Morgan fingerprint density at radius 2 is 1.86 bits per heavy atom. The van der Waals surface area contributed by atoms with Crippen LogP contribution in [0.3, 0.4) is 0 Å². The molecule has 3 N–H and O–H groups in total. The predicted molar refractivity (Wildman–Crippen MR) is 85.9 cm³/mol. The van der Waals surface area contributed by atoms with Gasteiger partial charge in [0.25, 0.3) is 0 Å². The van der Waals surface area contributed by atoms with Gasteiger partial charge in [0.05, 0.1) is 7.11 Å². The van der Waals surface area contributed by atoms with Crippen molar-refractivity contribution in [2.24, 2.45) is 17.8 Å². The molecule has 1 aromatic carbocycles. The first kappa shape index (κ1) is 15.5. The van der Waals surface area contributed by atoms with Gasteiger partial charge < -0.3 is 20.3 Å². The van der Waals surface area contributed by atoms with Crippen molar-refractivity contribution in [3.05, 3.63) is 41.5 Å². The smallest absolute Gasteiger partial charge is 0.118 e. The van der Waals surface area contributed by atoms with Crippen LogP contribution in [0.15, 0.2) is 35.9 Å². The molecule has 4 atom stereocenters. The lowest BCUT2D eigenvalue weighted by Gasteiger charge is -2.43. The average Bonchev–Trinajstić information content (AvgIpc) is 2.60. The van der Waals surface area contributed by atoms with Crippen LogP contribution in [0, 0.1) is 17.8 Å². The minimum absolute atomic E-state index is 0.0743. The molecule has 0 saturated carbocycles. The summed E-state index contributed by atoms with van der Waals surface area (Å²) in [5.41, 5.74) is 2.56. The van der Waals surface area contributed by atoms with Gasteiger partial charge in [-0.05, 0) is 48.4 Å². The lowest BCUT2D eigenvalue weighted by Crippen LogP contribution is -2.43. The summed E-state index contributed by atoms with van der Waals surface area (Å²) in [6, 6.07) is 8.05. The van der Waals surface area contributed by atoms with Crippen LogP contribution in [0.5, 0.6) is 5.75 Å². The van der Waals surface area contributed by atoms with Gasteiger partial charge in [-0.3, -0.25) is 0 Å². The first-order valence-corrected chi connectivity index (χ1v) is 8.05. The van der Waals surface area contributed by atoms with Crippen molar-refractivity contribution in [3.8, 4) is 5.75 Å². The van der Waals surface area contributed by atoms with E-state index in [1.165, 1.54) is 11.1 Å². The molecule has 0 spiro atoms. The van der Waals surface area contributed by atoms with Gasteiger partial charge in [-0.25, -0.2) is 0 Å². The zero-order valence-electron chi connectivity index (χ0n) is 13.0. The van der Waals surface area contributed by atoms with Gasteiger partial charge in [-0.1, -0.05) is 23.8 Å². The zero-order chi connectivity index (χ0) is 15.5. The molecule has 3 rings (SSSR count). The fourth-order valence-electron chi connectivity index (χ4n) is 4.08. The highest BCUT2D eigenvalue weighted by molar-refractivity contribution is 5.35. The van der Waals surface area contributed by atoms with Crippen LogP contribution in [0.4, 0.5) is 0 Å². The lowest BCUT2D eigenvalue weighted by molar-refractivity contribution is 0.0659. The van der Waals surface area contributed by atoms with Crippen LogP contribution < -0.4 is 10.1 Å². The van der Waals surface area contributed by atoms with Crippen LogP contribution in [-0.4, -0.2) is 43.6 Å². The Kier molecular flexibility index (Phi) is 4.81. The summed E-state index contributed by atoms with van der Waals surface area (Å²) in [5, 5.41) is 23.3. The number of aliphatic hydroxyl groups excluding tert-OH is 2. The molecule has 1 heterocycles. The van der Waals surface area contributed by atoms with Gasteiger partial charge >= 0.3 is 0 Å². The Morgan fingerprint density at radius 1 is 1.14 bits per heavy atom. The molecule has 120 valence electrons. The maximum absolute atomic E-state index is 9.93. The van der Waals surface area contributed by atoms with E-state index in [0.717, 1.165) is 25.3 Å². The molecule has 2 aliphatic rings. The van der Waals surface area contributed by atoms with Crippen molar-refractivity contribution >= 4 is 0 Å². The zero-order valence-corrected chi connectivity index (χ0v) is 13.0. The Bertz CT molecular complexity index is 526. The second-order valence-corrected chi connectivity index (χ2v) is 6.31. The largest absolute Gasteiger partial charge is 0.497 e. The highest BCUT2D eigenvalue weighted by atomic mass is 16.5. The first-order chi connectivity index (χ1) is 10.8. The molecule has 4 unspecified atom stereocenters. The van der Waals surface area contributed by atoms with Crippen LogP contribution in [0.25, 0.3) is 0 Å². The van der Waals surface area contributed by atoms with Gasteiger partial charge in [-0.15, -0.1) is 0 Å². The van der Waals surface area contributed by atoms with Crippen molar-refractivity contribution < 1.29 is 14.9 Å². The number of fused-ring (bicyclic) bond motifs is 1. The van der Waals surface area contributed by atoms with E-state index in [0.29, 0.717) is 5.92 Å². The number of ether oxygens (including phenoxy) is 1. The summed E-state index contributed by atoms with van der Waals surface area (Å²) in [7, 11) is 1.66. The van der Waals surface area contributed by atoms with E-state index in [-0.39, 0.29) is 31.0 Å². The average molecular weight is 303 g/mol.